The molecule has 1 aromatic carbocycles. The van der Waals surface area contributed by atoms with Gasteiger partial charge in [-0.25, -0.2) is 0 Å². The van der Waals surface area contributed by atoms with E-state index >= 15 is 0 Å². The summed E-state index contributed by atoms with van der Waals surface area (Å²) in [7, 11) is 0. The minimum absolute atomic E-state index is 0.0801. The van der Waals surface area contributed by atoms with Gasteiger partial charge in [-0.1, -0.05) is 30.3 Å². The summed E-state index contributed by atoms with van der Waals surface area (Å²) in [6.45, 7) is 6.84. The number of hydrogen-bond donors (Lipinski definition) is 1. The third kappa shape index (κ3) is 3.74. The summed E-state index contributed by atoms with van der Waals surface area (Å²) in [5.41, 5.74) is 2.20. The Bertz CT molecular complexity index is 894. The van der Waals surface area contributed by atoms with Gasteiger partial charge in [-0.15, -0.1) is 11.3 Å². The van der Waals surface area contributed by atoms with Crippen molar-refractivity contribution in [3.8, 4) is 6.07 Å². The molecule has 2 aromatic rings. The van der Waals surface area contributed by atoms with Gasteiger partial charge >= 0.3 is 0 Å². The molecular formula is C21H23N3O2S. The standard InChI is InChI=1S/C21H23N3O2S/c1-4-24(5-2)21(26)18-13(3)17(12-22)20(27-18)23-19(25)16-11-15(16)14-9-7-6-8-10-14/h6-10,15-16H,4-5,11H2,1-3H3,(H,23,25)/t15-,16+/m0/s1. The van der Waals surface area contributed by atoms with Crippen LogP contribution in [0.5, 0.6) is 0 Å². The number of nitriles is 1. The normalized spacial score (nSPS) is 17.9. The van der Waals surface area contributed by atoms with Gasteiger partial charge in [0.05, 0.1) is 10.4 Å². The maximum Gasteiger partial charge on any atom is 0.264 e. The van der Waals surface area contributed by atoms with Crippen LogP contribution in [0.1, 0.15) is 52.5 Å². The Morgan fingerprint density at radius 3 is 2.52 bits per heavy atom. The Morgan fingerprint density at radius 1 is 1.26 bits per heavy atom. The van der Waals surface area contributed by atoms with Crippen molar-refractivity contribution in [1.82, 2.24) is 4.90 Å². The fourth-order valence-electron chi connectivity index (χ4n) is 3.35. The van der Waals surface area contributed by atoms with Crippen LogP contribution < -0.4 is 5.32 Å². The van der Waals surface area contributed by atoms with Crippen LogP contribution in [0.25, 0.3) is 0 Å². The van der Waals surface area contributed by atoms with E-state index in [-0.39, 0.29) is 23.7 Å². The highest BCUT2D eigenvalue weighted by molar-refractivity contribution is 7.18. The molecule has 0 saturated heterocycles. The highest BCUT2D eigenvalue weighted by atomic mass is 32.1. The van der Waals surface area contributed by atoms with E-state index in [0.29, 0.717) is 34.1 Å². The highest BCUT2D eigenvalue weighted by Crippen LogP contribution is 2.48. The molecule has 2 amide bonds. The smallest absolute Gasteiger partial charge is 0.264 e. The predicted octanol–water partition coefficient (Wildman–Crippen LogP) is 4.15. The second-order valence-electron chi connectivity index (χ2n) is 6.70. The minimum atomic E-state index is -0.0897. The van der Waals surface area contributed by atoms with Gasteiger partial charge < -0.3 is 10.2 Å². The molecule has 0 aliphatic heterocycles. The van der Waals surface area contributed by atoms with Crippen molar-refractivity contribution in [1.29, 1.82) is 5.26 Å². The topological polar surface area (TPSA) is 73.2 Å². The molecule has 27 heavy (non-hydrogen) atoms. The molecule has 0 spiro atoms. The van der Waals surface area contributed by atoms with Crippen LogP contribution in [-0.4, -0.2) is 29.8 Å². The maximum atomic E-state index is 12.7. The van der Waals surface area contributed by atoms with Gasteiger partial charge in [0.15, 0.2) is 0 Å². The van der Waals surface area contributed by atoms with E-state index in [0.717, 1.165) is 12.0 Å². The first kappa shape index (κ1) is 19.1. The molecule has 6 heteroatoms. The van der Waals surface area contributed by atoms with Crippen molar-refractivity contribution in [2.75, 3.05) is 18.4 Å². The maximum absolute atomic E-state index is 12.7. The fraction of sp³-hybridized carbons (Fsp3) is 0.381. The number of nitrogens with one attached hydrogen (secondary N) is 1. The molecule has 1 aromatic heterocycles. The van der Waals surface area contributed by atoms with Crippen molar-refractivity contribution in [2.24, 2.45) is 5.92 Å². The quantitative estimate of drug-likeness (QED) is 0.817. The molecule has 3 rings (SSSR count). The summed E-state index contributed by atoms with van der Waals surface area (Å²) in [5.74, 6) is -0.0191. The van der Waals surface area contributed by atoms with E-state index in [1.165, 1.54) is 11.3 Å². The number of anilines is 1. The Balaban J connectivity index is 1.78. The zero-order valence-corrected chi connectivity index (χ0v) is 16.6. The largest absolute Gasteiger partial charge is 0.338 e. The zero-order chi connectivity index (χ0) is 19.6. The van der Waals surface area contributed by atoms with Crippen LogP contribution in [0.3, 0.4) is 0 Å². The van der Waals surface area contributed by atoms with E-state index in [1.807, 2.05) is 44.2 Å². The number of nitrogens with zero attached hydrogens (tertiary/aromatic N) is 2. The van der Waals surface area contributed by atoms with Crippen LogP contribution in [0.2, 0.25) is 0 Å². The summed E-state index contributed by atoms with van der Waals surface area (Å²) in [6.07, 6.45) is 0.813. The molecule has 2 atom stereocenters. The highest BCUT2D eigenvalue weighted by Gasteiger charge is 2.44. The molecule has 0 bridgehead atoms. The molecule has 1 aliphatic rings. The summed E-state index contributed by atoms with van der Waals surface area (Å²) in [5, 5.41) is 12.9. The third-order valence-electron chi connectivity index (χ3n) is 5.10. The lowest BCUT2D eigenvalue weighted by Crippen LogP contribution is -2.30. The number of hydrogen-bond acceptors (Lipinski definition) is 4. The SMILES string of the molecule is CCN(CC)C(=O)c1sc(NC(=O)[C@@H]2C[C@H]2c2ccccc2)c(C#N)c1C. The molecule has 1 aliphatic carbocycles. The van der Waals surface area contributed by atoms with Crippen LogP contribution >= 0.6 is 11.3 Å². The van der Waals surface area contributed by atoms with Gasteiger partial charge in [-0.2, -0.15) is 5.26 Å². The van der Waals surface area contributed by atoms with Crippen molar-refractivity contribution < 1.29 is 9.59 Å². The monoisotopic (exact) mass is 381 g/mol. The Kier molecular flexibility index (Phi) is 5.62. The van der Waals surface area contributed by atoms with Crippen LogP contribution in [-0.2, 0) is 4.79 Å². The lowest BCUT2D eigenvalue weighted by Gasteiger charge is -2.17. The van der Waals surface area contributed by atoms with Crippen LogP contribution in [0.4, 0.5) is 5.00 Å². The van der Waals surface area contributed by atoms with Gasteiger partial charge in [-0.3, -0.25) is 9.59 Å². The van der Waals surface area contributed by atoms with Crippen molar-refractivity contribution in [2.45, 2.75) is 33.1 Å². The average Bonchev–Trinajstić information content (AvgIpc) is 3.42. The van der Waals surface area contributed by atoms with Crippen LogP contribution in [0, 0.1) is 24.2 Å². The number of amides is 2. The molecule has 1 N–H and O–H groups in total. The first-order valence-corrected chi connectivity index (χ1v) is 10.0. The molecule has 1 saturated carbocycles. The number of rotatable bonds is 6. The van der Waals surface area contributed by atoms with E-state index in [1.54, 1.807) is 11.8 Å². The van der Waals surface area contributed by atoms with Gasteiger partial charge in [0, 0.05) is 19.0 Å². The van der Waals surface area contributed by atoms with Gasteiger partial charge in [-0.05, 0) is 44.2 Å². The summed E-state index contributed by atoms with van der Waals surface area (Å²) < 4.78 is 0. The predicted molar refractivity (Wildman–Crippen MR) is 107 cm³/mol. The number of carbonyl (C=O) groups excluding carboxylic acids is 2. The summed E-state index contributed by atoms with van der Waals surface area (Å²) >= 11 is 1.20. The first-order valence-electron chi connectivity index (χ1n) is 9.20. The summed E-state index contributed by atoms with van der Waals surface area (Å²) in [6, 6.07) is 12.1. The molecular weight excluding hydrogens is 358 g/mol. The van der Waals surface area contributed by atoms with Gasteiger partial charge in [0.1, 0.15) is 11.1 Å². The van der Waals surface area contributed by atoms with E-state index in [2.05, 4.69) is 11.4 Å². The average molecular weight is 382 g/mol. The number of carbonyl (C=O) groups is 2. The zero-order valence-electron chi connectivity index (χ0n) is 15.8. The van der Waals surface area contributed by atoms with Gasteiger partial charge in [0.25, 0.3) is 5.91 Å². The minimum Gasteiger partial charge on any atom is -0.338 e. The summed E-state index contributed by atoms with van der Waals surface area (Å²) in [4.78, 5) is 27.6. The third-order valence-corrected chi connectivity index (χ3v) is 6.29. The van der Waals surface area contributed by atoms with Crippen molar-refractivity contribution in [3.05, 3.63) is 51.9 Å². The second kappa shape index (κ2) is 7.93. The van der Waals surface area contributed by atoms with E-state index in [9.17, 15) is 14.9 Å². The van der Waals surface area contributed by atoms with E-state index in [4.69, 9.17) is 0 Å². The number of thiophene rings is 1. The van der Waals surface area contributed by atoms with Gasteiger partial charge in [0.2, 0.25) is 5.91 Å². The Morgan fingerprint density at radius 2 is 1.93 bits per heavy atom. The second-order valence-corrected chi connectivity index (χ2v) is 7.72. The van der Waals surface area contributed by atoms with Crippen molar-refractivity contribution in [3.63, 3.8) is 0 Å². The van der Waals surface area contributed by atoms with Crippen LogP contribution in [0.15, 0.2) is 30.3 Å². The first-order chi connectivity index (χ1) is 13.0. The Labute approximate surface area is 163 Å². The lowest BCUT2D eigenvalue weighted by atomic mass is 10.1. The molecule has 5 nitrogen and oxygen atoms in total. The molecule has 1 fully saturated rings. The van der Waals surface area contributed by atoms with E-state index < -0.39 is 0 Å². The Hall–Kier alpha value is -2.65. The number of benzene rings is 1. The van der Waals surface area contributed by atoms with Crippen molar-refractivity contribution >= 4 is 28.2 Å². The molecule has 0 unspecified atom stereocenters. The lowest BCUT2D eigenvalue weighted by molar-refractivity contribution is -0.117. The molecule has 0 radical (unpaired) electrons. The molecule has 1 heterocycles. The fourth-order valence-corrected chi connectivity index (χ4v) is 4.48. The molecule has 140 valence electrons.